The van der Waals surface area contributed by atoms with Crippen LogP contribution in [0.1, 0.15) is 51.3 Å². The monoisotopic (exact) mass is 234 g/mol. The third-order valence-electron chi connectivity index (χ3n) is 3.43. The topological polar surface area (TPSA) is 63.8 Å². The molecule has 4 nitrogen and oxygen atoms in total. The number of rotatable bonds is 6. The molecule has 0 radical (unpaired) electrons. The van der Waals surface area contributed by atoms with E-state index in [-0.39, 0.29) is 0 Å². The average Bonchev–Trinajstić information content (AvgIpc) is 3.13. The van der Waals surface area contributed by atoms with Gasteiger partial charge in [-0.15, -0.1) is 0 Å². The summed E-state index contributed by atoms with van der Waals surface area (Å²) >= 11 is 0. The van der Waals surface area contributed by atoms with Crippen molar-refractivity contribution in [2.75, 3.05) is 17.6 Å². The summed E-state index contributed by atoms with van der Waals surface area (Å²) in [5, 5.41) is 3.38. The van der Waals surface area contributed by atoms with Crippen molar-refractivity contribution in [3.05, 3.63) is 11.9 Å². The van der Waals surface area contributed by atoms with Crippen molar-refractivity contribution in [1.29, 1.82) is 0 Å². The van der Waals surface area contributed by atoms with Crippen LogP contribution in [0.2, 0.25) is 0 Å². The number of nitrogens with zero attached hydrogens (tertiary/aromatic N) is 2. The first kappa shape index (κ1) is 12.1. The zero-order valence-corrected chi connectivity index (χ0v) is 10.7. The van der Waals surface area contributed by atoms with Crippen LogP contribution in [0, 0.1) is 5.92 Å². The highest BCUT2D eigenvalue weighted by atomic mass is 15.1. The summed E-state index contributed by atoms with van der Waals surface area (Å²) in [4.78, 5) is 8.82. The Morgan fingerprint density at radius 2 is 2.06 bits per heavy atom. The molecule has 1 heterocycles. The maximum absolute atomic E-state index is 5.81. The molecule has 0 aromatic carbocycles. The van der Waals surface area contributed by atoms with Gasteiger partial charge in [0.25, 0.3) is 0 Å². The molecule has 3 N–H and O–H groups in total. The second-order valence-electron chi connectivity index (χ2n) is 4.87. The van der Waals surface area contributed by atoms with E-state index in [1.54, 1.807) is 0 Å². The Morgan fingerprint density at radius 3 is 2.65 bits per heavy atom. The number of nitrogen functional groups attached to an aromatic ring is 1. The summed E-state index contributed by atoms with van der Waals surface area (Å²) in [6, 6.07) is 1.83. The lowest BCUT2D eigenvalue weighted by Crippen LogP contribution is -2.14. The van der Waals surface area contributed by atoms with Gasteiger partial charge in [-0.25, -0.2) is 9.97 Å². The Labute approximate surface area is 103 Å². The molecule has 0 aliphatic heterocycles. The van der Waals surface area contributed by atoms with Gasteiger partial charge < -0.3 is 11.1 Å². The van der Waals surface area contributed by atoms with Crippen LogP contribution in [0.4, 0.5) is 11.6 Å². The van der Waals surface area contributed by atoms with Crippen LogP contribution in [0.5, 0.6) is 0 Å². The van der Waals surface area contributed by atoms with Crippen molar-refractivity contribution < 1.29 is 0 Å². The molecule has 0 saturated heterocycles. The number of hydrogen-bond acceptors (Lipinski definition) is 4. The van der Waals surface area contributed by atoms with E-state index < -0.39 is 0 Å². The summed E-state index contributed by atoms with van der Waals surface area (Å²) in [5.74, 6) is 3.63. The molecule has 1 fully saturated rings. The van der Waals surface area contributed by atoms with Crippen LogP contribution in [0.25, 0.3) is 0 Å². The predicted molar refractivity (Wildman–Crippen MR) is 71.0 cm³/mol. The van der Waals surface area contributed by atoms with Crippen molar-refractivity contribution in [1.82, 2.24) is 9.97 Å². The smallest absolute Gasteiger partial charge is 0.136 e. The van der Waals surface area contributed by atoms with Gasteiger partial charge in [0.2, 0.25) is 0 Å². The quantitative estimate of drug-likeness (QED) is 0.794. The molecule has 1 aliphatic rings. The van der Waals surface area contributed by atoms with Crippen molar-refractivity contribution in [2.45, 2.75) is 45.4 Å². The van der Waals surface area contributed by atoms with Crippen LogP contribution in [-0.4, -0.2) is 16.5 Å². The fourth-order valence-corrected chi connectivity index (χ4v) is 1.93. The zero-order chi connectivity index (χ0) is 12.3. The largest absolute Gasteiger partial charge is 0.384 e. The van der Waals surface area contributed by atoms with E-state index in [4.69, 9.17) is 5.73 Å². The minimum absolute atomic E-state index is 0.548. The average molecular weight is 234 g/mol. The first-order valence-electron chi connectivity index (χ1n) is 6.61. The Hall–Kier alpha value is -1.32. The molecule has 94 valence electrons. The van der Waals surface area contributed by atoms with Gasteiger partial charge in [-0.1, -0.05) is 26.7 Å². The molecule has 0 atom stereocenters. The molecule has 1 saturated carbocycles. The molecule has 1 aromatic rings. The predicted octanol–water partition coefficient (Wildman–Crippen LogP) is 2.78. The van der Waals surface area contributed by atoms with E-state index in [1.165, 1.54) is 25.7 Å². The van der Waals surface area contributed by atoms with Crippen molar-refractivity contribution >= 4 is 11.6 Å². The molecule has 17 heavy (non-hydrogen) atoms. The molecule has 0 amide bonds. The Morgan fingerprint density at radius 1 is 1.35 bits per heavy atom. The highest BCUT2D eigenvalue weighted by Gasteiger charge is 2.27. The number of nitrogens with one attached hydrogen (secondary N) is 1. The minimum Gasteiger partial charge on any atom is -0.384 e. The number of aromatic nitrogens is 2. The van der Waals surface area contributed by atoms with Crippen LogP contribution in [-0.2, 0) is 0 Å². The molecule has 0 bridgehead atoms. The number of nitrogens with two attached hydrogens (primary N) is 1. The minimum atomic E-state index is 0.548. The van der Waals surface area contributed by atoms with Crippen LogP contribution in [0.3, 0.4) is 0 Å². The van der Waals surface area contributed by atoms with Crippen LogP contribution < -0.4 is 11.1 Å². The summed E-state index contributed by atoms with van der Waals surface area (Å²) < 4.78 is 0. The van der Waals surface area contributed by atoms with E-state index in [0.29, 0.717) is 17.7 Å². The van der Waals surface area contributed by atoms with Crippen molar-refractivity contribution in [3.8, 4) is 0 Å². The maximum Gasteiger partial charge on any atom is 0.136 e. The fourth-order valence-electron chi connectivity index (χ4n) is 1.93. The highest BCUT2D eigenvalue weighted by molar-refractivity contribution is 5.45. The second kappa shape index (κ2) is 5.34. The molecule has 0 spiro atoms. The van der Waals surface area contributed by atoms with E-state index in [9.17, 15) is 0 Å². The Bertz CT molecular complexity index is 370. The van der Waals surface area contributed by atoms with Crippen molar-refractivity contribution in [3.63, 3.8) is 0 Å². The van der Waals surface area contributed by atoms with Gasteiger partial charge in [0, 0.05) is 18.5 Å². The Balaban J connectivity index is 1.99. The SMILES string of the molecule is CCC(CC)CNc1cc(N)nc(C2CC2)n1. The Kier molecular flexibility index (Phi) is 3.82. The maximum atomic E-state index is 5.81. The van der Waals surface area contributed by atoms with E-state index >= 15 is 0 Å². The molecule has 1 aliphatic carbocycles. The zero-order valence-electron chi connectivity index (χ0n) is 10.7. The number of hydrogen-bond donors (Lipinski definition) is 2. The standard InChI is InChI=1S/C13H22N4/c1-3-9(4-2)8-15-12-7-11(14)16-13(17-12)10-5-6-10/h7,9-10H,3-6,8H2,1-2H3,(H3,14,15,16,17). The molecule has 2 rings (SSSR count). The van der Waals surface area contributed by atoms with Gasteiger partial charge in [0.05, 0.1) is 0 Å². The highest BCUT2D eigenvalue weighted by Crippen LogP contribution is 2.38. The van der Waals surface area contributed by atoms with E-state index in [0.717, 1.165) is 18.2 Å². The van der Waals surface area contributed by atoms with Gasteiger partial charge in [-0.3, -0.25) is 0 Å². The first-order valence-corrected chi connectivity index (χ1v) is 6.61. The van der Waals surface area contributed by atoms with Crippen LogP contribution in [0.15, 0.2) is 6.07 Å². The summed E-state index contributed by atoms with van der Waals surface area (Å²) in [6.07, 6.45) is 4.80. The van der Waals surface area contributed by atoms with Gasteiger partial charge in [0.1, 0.15) is 17.5 Å². The molecule has 1 aromatic heterocycles. The molecular formula is C13H22N4. The summed E-state index contributed by atoms with van der Waals surface area (Å²) in [7, 11) is 0. The van der Waals surface area contributed by atoms with Gasteiger partial charge >= 0.3 is 0 Å². The normalized spacial score (nSPS) is 15.2. The first-order chi connectivity index (χ1) is 8.22. The molecular weight excluding hydrogens is 212 g/mol. The fraction of sp³-hybridized carbons (Fsp3) is 0.692. The van der Waals surface area contributed by atoms with Gasteiger partial charge in [0.15, 0.2) is 0 Å². The van der Waals surface area contributed by atoms with Gasteiger partial charge in [-0.2, -0.15) is 0 Å². The molecule has 4 heteroatoms. The lowest BCUT2D eigenvalue weighted by atomic mass is 10.0. The van der Waals surface area contributed by atoms with Crippen molar-refractivity contribution in [2.24, 2.45) is 5.92 Å². The van der Waals surface area contributed by atoms with Gasteiger partial charge in [-0.05, 0) is 18.8 Å². The van der Waals surface area contributed by atoms with E-state index in [1.807, 2.05) is 6.07 Å². The summed E-state index contributed by atoms with van der Waals surface area (Å²) in [6.45, 7) is 5.41. The third kappa shape index (κ3) is 3.32. The second-order valence-corrected chi connectivity index (χ2v) is 4.87. The number of anilines is 2. The lowest BCUT2D eigenvalue weighted by molar-refractivity contribution is 0.518. The molecule has 0 unspecified atom stereocenters. The lowest BCUT2D eigenvalue weighted by Gasteiger charge is -2.14. The van der Waals surface area contributed by atoms with E-state index in [2.05, 4.69) is 29.1 Å². The third-order valence-corrected chi connectivity index (χ3v) is 3.43. The summed E-state index contributed by atoms with van der Waals surface area (Å²) in [5.41, 5.74) is 5.81. The van der Waals surface area contributed by atoms with Crippen LogP contribution >= 0.6 is 0 Å².